The van der Waals surface area contributed by atoms with Gasteiger partial charge < -0.3 is 14.3 Å². The van der Waals surface area contributed by atoms with Gasteiger partial charge in [-0.25, -0.2) is 0 Å². The summed E-state index contributed by atoms with van der Waals surface area (Å²) in [4.78, 5) is 34.1. The fourth-order valence-corrected chi connectivity index (χ4v) is 4.36. The summed E-state index contributed by atoms with van der Waals surface area (Å²) < 4.78 is 5.38. The van der Waals surface area contributed by atoms with Gasteiger partial charge in [0.25, 0.3) is 0 Å². The lowest BCUT2D eigenvalue weighted by molar-refractivity contribution is -0.140. The number of benzene rings is 1. The number of hydrogen-bond acceptors (Lipinski definition) is 6. The Hall–Kier alpha value is -3.00. The summed E-state index contributed by atoms with van der Waals surface area (Å²) in [7, 11) is 0. The summed E-state index contributed by atoms with van der Waals surface area (Å²) in [6, 6.07) is 13.4. The number of carbonyl (C=O) groups excluding carboxylic acids is 2. The van der Waals surface area contributed by atoms with Crippen molar-refractivity contribution in [2.24, 2.45) is 5.92 Å². The Labute approximate surface area is 165 Å². The zero-order valence-corrected chi connectivity index (χ0v) is 15.8. The van der Waals surface area contributed by atoms with Gasteiger partial charge in [-0.05, 0) is 23.6 Å². The molecule has 1 atom stereocenters. The highest BCUT2D eigenvalue weighted by atomic mass is 32.1. The van der Waals surface area contributed by atoms with Crippen molar-refractivity contribution in [3.8, 4) is 10.7 Å². The lowest BCUT2D eigenvalue weighted by Gasteiger charge is -2.38. The van der Waals surface area contributed by atoms with Crippen molar-refractivity contribution in [2.75, 3.05) is 24.5 Å². The molecule has 0 N–H and O–H groups in total. The monoisotopic (exact) mass is 394 g/mol. The van der Waals surface area contributed by atoms with Crippen LogP contribution in [0.2, 0.25) is 0 Å². The number of amides is 2. The van der Waals surface area contributed by atoms with Gasteiger partial charge in [0.05, 0.1) is 16.7 Å². The van der Waals surface area contributed by atoms with Crippen LogP contribution in [0.15, 0.2) is 52.4 Å². The summed E-state index contributed by atoms with van der Waals surface area (Å²) in [6.45, 7) is 1.55. The highest BCUT2D eigenvalue weighted by Gasteiger charge is 2.42. The van der Waals surface area contributed by atoms with Crippen molar-refractivity contribution in [1.82, 2.24) is 15.0 Å². The minimum Gasteiger partial charge on any atom is -0.341 e. The number of likely N-dealkylation sites (tertiary alicyclic amines) is 1. The molecule has 1 unspecified atom stereocenters. The van der Waals surface area contributed by atoms with Crippen LogP contribution < -0.4 is 4.90 Å². The third-order valence-corrected chi connectivity index (χ3v) is 6.13. The van der Waals surface area contributed by atoms with E-state index in [4.69, 9.17) is 4.52 Å². The Morgan fingerprint density at radius 3 is 2.68 bits per heavy atom. The Kier molecular flexibility index (Phi) is 4.20. The molecule has 0 radical (unpaired) electrons. The van der Waals surface area contributed by atoms with Crippen LogP contribution in [0.3, 0.4) is 0 Å². The second kappa shape index (κ2) is 6.87. The molecule has 4 heterocycles. The van der Waals surface area contributed by atoms with E-state index in [0.29, 0.717) is 31.3 Å². The normalized spacial score (nSPS) is 19.9. The number of hydrogen-bond donors (Lipinski definition) is 0. The van der Waals surface area contributed by atoms with E-state index in [1.165, 1.54) is 0 Å². The average molecular weight is 394 g/mol. The van der Waals surface area contributed by atoms with Gasteiger partial charge >= 0.3 is 0 Å². The minimum absolute atomic E-state index is 0.000820. The van der Waals surface area contributed by atoms with Crippen LogP contribution in [-0.4, -0.2) is 46.5 Å². The van der Waals surface area contributed by atoms with Crippen LogP contribution in [0.1, 0.15) is 18.2 Å². The molecule has 2 amide bonds. The predicted molar refractivity (Wildman–Crippen MR) is 104 cm³/mol. The smallest absolute Gasteiger partial charge is 0.233 e. The van der Waals surface area contributed by atoms with Crippen molar-refractivity contribution < 1.29 is 14.1 Å². The molecule has 2 saturated heterocycles. The molecule has 0 bridgehead atoms. The summed E-state index contributed by atoms with van der Waals surface area (Å²) in [6.07, 6.45) is 0.262. The molecule has 0 spiro atoms. The maximum atomic E-state index is 12.8. The van der Waals surface area contributed by atoms with Gasteiger partial charge in [0.15, 0.2) is 0 Å². The van der Waals surface area contributed by atoms with Crippen molar-refractivity contribution in [3.63, 3.8) is 0 Å². The zero-order valence-electron chi connectivity index (χ0n) is 15.0. The molecule has 0 aliphatic carbocycles. The molecule has 7 nitrogen and oxygen atoms in total. The van der Waals surface area contributed by atoms with E-state index >= 15 is 0 Å². The van der Waals surface area contributed by atoms with Gasteiger partial charge in [0, 0.05) is 31.7 Å². The second-order valence-corrected chi connectivity index (χ2v) is 8.06. The third kappa shape index (κ3) is 2.99. The largest absolute Gasteiger partial charge is 0.341 e. The number of carbonyl (C=O) groups is 2. The highest BCUT2D eigenvalue weighted by molar-refractivity contribution is 7.13. The standard InChI is InChI=1S/C20H18N4O3S/c25-17-9-13(12-24(17)15-5-2-1-3-6-15)20(26)23-10-14(11-23)19-21-18(22-27-19)16-7-4-8-28-16/h1-8,13-14H,9-12H2. The second-order valence-electron chi connectivity index (χ2n) is 7.11. The van der Waals surface area contributed by atoms with Gasteiger partial charge in [-0.3, -0.25) is 9.59 Å². The Morgan fingerprint density at radius 2 is 1.93 bits per heavy atom. The molecule has 1 aromatic carbocycles. The average Bonchev–Trinajstić information content (AvgIpc) is 3.41. The molecular weight excluding hydrogens is 376 g/mol. The topological polar surface area (TPSA) is 79.5 Å². The predicted octanol–water partition coefficient (Wildman–Crippen LogP) is 2.78. The van der Waals surface area contributed by atoms with Crippen LogP contribution >= 0.6 is 11.3 Å². The fourth-order valence-electron chi connectivity index (χ4n) is 3.71. The molecule has 28 heavy (non-hydrogen) atoms. The van der Waals surface area contributed by atoms with E-state index in [1.54, 1.807) is 21.1 Å². The van der Waals surface area contributed by atoms with Gasteiger partial charge in [-0.2, -0.15) is 4.98 Å². The summed E-state index contributed by atoms with van der Waals surface area (Å²) >= 11 is 1.56. The van der Waals surface area contributed by atoms with Crippen LogP contribution in [0.5, 0.6) is 0 Å². The molecule has 8 heteroatoms. The minimum atomic E-state index is -0.293. The first-order valence-corrected chi connectivity index (χ1v) is 10.1. The maximum absolute atomic E-state index is 12.8. The third-order valence-electron chi connectivity index (χ3n) is 5.27. The molecule has 0 saturated carbocycles. The summed E-state index contributed by atoms with van der Waals surface area (Å²) in [5.41, 5.74) is 0.844. The number of para-hydroxylation sites is 1. The number of nitrogens with zero attached hydrogens (tertiary/aromatic N) is 4. The van der Waals surface area contributed by atoms with Gasteiger partial charge in [0.2, 0.25) is 23.5 Å². The first-order valence-electron chi connectivity index (χ1n) is 9.21. The lowest BCUT2D eigenvalue weighted by atomic mass is 9.96. The van der Waals surface area contributed by atoms with Crippen LogP contribution in [0.4, 0.5) is 5.69 Å². The van der Waals surface area contributed by atoms with Crippen molar-refractivity contribution in [3.05, 3.63) is 53.7 Å². The number of aromatic nitrogens is 2. The quantitative estimate of drug-likeness (QED) is 0.680. The van der Waals surface area contributed by atoms with E-state index in [1.807, 2.05) is 47.8 Å². The molecule has 2 aromatic heterocycles. The maximum Gasteiger partial charge on any atom is 0.233 e. The van der Waals surface area contributed by atoms with E-state index in [-0.39, 0.29) is 30.1 Å². The Bertz CT molecular complexity index is 996. The number of anilines is 1. The fraction of sp³-hybridized carbons (Fsp3) is 0.300. The van der Waals surface area contributed by atoms with Gasteiger partial charge in [-0.1, -0.05) is 29.4 Å². The molecular formula is C20H18N4O3S. The molecule has 5 rings (SSSR count). The molecule has 3 aromatic rings. The number of thiophene rings is 1. The van der Waals surface area contributed by atoms with E-state index in [9.17, 15) is 9.59 Å². The summed E-state index contributed by atoms with van der Waals surface area (Å²) in [5, 5.41) is 6.00. The SMILES string of the molecule is O=C(C1CC(=O)N(c2ccccc2)C1)N1CC(c2nc(-c3cccs3)no2)C1. The van der Waals surface area contributed by atoms with Crippen molar-refractivity contribution in [2.45, 2.75) is 12.3 Å². The highest BCUT2D eigenvalue weighted by Crippen LogP contribution is 2.32. The zero-order chi connectivity index (χ0) is 19.1. The number of rotatable bonds is 4. The van der Waals surface area contributed by atoms with Gasteiger partial charge in [0.1, 0.15) is 0 Å². The van der Waals surface area contributed by atoms with E-state index < -0.39 is 0 Å². The van der Waals surface area contributed by atoms with E-state index in [2.05, 4.69) is 10.1 Å². The van der Waals surface area contributed by atoms with Crippen LogP contribution in [0, 0.1) is 5.92 Å². The van der Waals surface area contributed by atoms with Gasteiger partial charge in [-0.15, -0.1) is 11.3 Å². The van der Waals surface area contributed by atoms with E-state index in [0.717, 1.165) is 10.6 Å². The first kappa shape index (κ1) is 17.1. The molecule has 2 fully saturated rings. The Balaban J connectivity index is 1.20. The summed E-state index contributed by atoms with van der Waals surface area (Å²) in [5.74, 6) is 0.959. The first-order chi connectivity index (χ1) is 13.7. The van der Waals surface area contributed by atoms with Crippen molar-refractivity contribution in [1.29, 1.82) is 0 Å². The van der Waals surface area contributed by atoms with Crippen LogP contribution in [-0.2, 0) is 9.59 Å². The molecule has 142 valence electrons. The molecule has 2 aliphatic heterocycles. The van der Waals surface area contributed by atoms with Crippen molar-refractivity contribution >= 4 is 28.8 Å². The Morgan fingerprint density at radius 1 is 1.11 bits per heavy atom. The van der Waals surface area contributed by atoms with Crippen LogP contribution in [0.25, 0.3) is 10.7 Å². The molecule has 2 aliphatic rings. The lowest BCUT2D eigenvalue weighted by Crippen LogP contribution is -2.51.